The van der Waals surface area contributed by atoms with Gasteiger partial charge in [-0.15, -0.1) is 0 Å². The standard InChI is InChI=1S/C18H20N4O2/c1-13-17(14(2)24-20-13)12-22-18(23)9-16(10-19-22)21(3)11-15-7-5-4-6-8-15/h4-10H,11-12H2,1-3H3. The third kappa shape index (κ3) is 3.37. The van der Waals surface area contributed by atoms with Crippen molar-refractivity contribution in [3.05, 3.63) is 75.5 Å². The smallest absolute Gasteiger partial charge is 0.269 e. The maximum absolute atomic E-state index is 12.4. The van der Waals surface area contributed by atoms with Crippen LogP contribution in [0.5, 0.6) is 0 Å². The minimum Gasteiger partial charge on any atom is -0.369 e. The first-order valence-electron chi connectivity index (χ1n) is 7.78. The van der Waals surface area contributed by atoms with Crippen LogP contribution in [0.15, 0.2) is 51.9 Å². The molecule has 0 N–H and O–H groups in total. The van der Waals surface area contributed by atoms with Crippen LogP contribution in [-0.2, 0) is 13.1 Å². The van der Waals surface area contributed by atoms with Crippen molar-refractivity contribution in [1.29, 1.82) is 0 Å². The number of aryl methyl sites for hydroxylation is 2. The Kier molecular flexibility index (Phi) is 4.46. The van der Waals surface area contributed by atoms with E-state index in [1.807, 2.05) is 44.0 Å². The molecule has 2 heterocycles. The number of hydrogen-bond donors (Lipinski definition) is 0. The quantitative estimate of drug-likeness (QED) is 0.721. The van der Waals surface area contributed by atoms with Crippen LogP contribution in [0, 0.1) is 13.8 Å². The van der Waals surface area contributed by atoms with E-state index in [1.54, 1.807) is 12.3 Å². The number of rotatable bonds is 5. The molecule has 0 bridgehead atoms. The molecule has 0 amide bonds. The highest BCUT2D eigenvalue weighted by Crippen LogP contribution is 2.14. The third-order valence-electron chi connectivity index (χ3n) is 4.05. The van der Waals surface area contributed by atoms with E-state index in [1.165, 1.54) is 10.2 Å². The van der Waals surface area contributed by atoms with Crippen LogP contribution in [-0.4, -0.2) is 22.0 Å². The molecule has 0 aliphatic carbocycles. The Morgan fingerprint density at radius 1 is 1.21 bits per heavy atom. The average Bonchev–Trinajstić information content (AvgIpc) is 2.89. The minimum atomic E-state index is -0.146. The van der Waals surface area contributed by atoms with E-state index >= 15 is 0 Å². The van der Waals surface area contributed by atoms with Crippen LogP contribution in [0.4, 0.5) is 5.69 Å². The van der Waals surface area contributed by atoms with Crippen LogP contribution in [0.2, 0.25) is 0 Å². The molecule has 6 heteroatoms. The lowest BCUT2D eigenvalue weighted by atomic mass is 10.2. The first-order chi connectivity index (χ1) is 11.5. The molecular weight excluding hydrogens is 304 g/mol. The van der Waals surface area contributed by atoms with E-state index in [9.17, 15) is 4.79 Å². The number of benzene rings is 1. The van der Waals surface area contributed by atoms with Gasteiger partial charge in [-0.3, -0.25) is 4.79 Å². The van der Waals surface area contributed by atoms with Gasteiger partial charge in [0, 0.05) is 25.2 Å². The van der Waals surface area contributed by atoms with Crippen molar-refractivity contribution in [2.45, 2.75) is 26.9 Å². The lowest BCUT2D eigenvalue weighted by Gasteiger charge is -2.19. The molecule has 3 aromatic rings. The Balaban J connectivity index is 1.78. The van der Waals surface area contributed by atoms with E-state index in [-0.39, 0.29) is 5.56 Å². The van der Waals surface area contributed by atoms with Crippen molar-refractivity contribution < 1.29 is 4.52 Å². The minimum absolute atomic E-state index is 0.146. The van der Waals surface area contributed by atoms with Gasteiger partial charge >= 0.3 is 0 Å². The van der Waals surface area contributed by atoms with Crippen molar-refractivity contribution in [1.82, 2.24) is 14.9 Å². The van der Waals surface area contributed by atoms with Crippen molar-refractivity contribution in [3.8, 4) is 0 Å². The summed E-state index contributed by atoms with van der Waals surface area (Å²) >= 11 is 0. The molecule has 2 aromatic heterocycles. The fourth-order valence-corrected chi connectivity index (χ4v) is 2.58. The molecule has 3 rings (SSSR count). The largest absolute Gasteiger partial charge is 0.369 e. The van der Waals surface area contributed by atoms with Crippen LogP contribution in [0.1, 0.15) is 22.6 Å². The van der Waals surface area contributed by atoms with Crippen LogP contribution in [0.25, 0.3) is 0 Å². The van der Waals surface area contributed by atoms with Gasteiger partial charge in [0.25, 0.3) is 5.56 Å². The zero-order valence-electron chi connectivity index (χ0n) is 14.1. The molecule has 0 saturated heterocycles. The molecule has 0 aliphatic heterocycles. The second-order valence-electron chi connectivity index (χ2n) is 5.85. The summed E-state index contributed by atoms with van der Waals surface area (Å²) < 4.78 is 6.56. The molecule has 0 atom stereocenters. The predicted molar refractivity (Wildman–Crippen MR) is 92.1 cm³/mol. The first-order valence-corrected chi connectivity index (χ1v) is 7.78. The van der Waals surface area contributed by atoms with Gasteiger partial charge in [0.15, 0.2) is 0 Å². The van der Waals surface area contributed by atoms with Gasteiger partial charge in [-0.1, -0.05) is 35.5 Å². The Hall–Kier alpha value is -2.89. The van der Waals surface area contributed by atoms with Gasteiger partial charge < -0.3 is 9.42 Å². The topological polar surface area (TPSA) is 64.2 Å². The van der Waals surface area contributed by atoms with E-state index in [4.69, 9.17) is 4.52 Å². The second-order valence-corrected chi connectivity index (χ2v) is 5.85. The van der Waals surface area contributed by atoms with Gasteiger partial charge in [-0.2, -0.15) is 5.10 Å². The van der Waals surface area contributed by atoms with Crippen molar-refractivity contribution in [3.63, 3.8) is 0 Å². The van der Waals surface area contributed by atoms with Crippen molar-refractivity contribution in [2.75, 3.05) is 11.9 Å². The summed E-state index contributed by atoms with van der Waals surface area (Å²) in [5.41, 5.74) is 3.51. The molecule has 124 valence electrons. The first kappa shape index (κ1) is 16.0. The SMILES string of the molecule is Cc1noc(C)c1Cn1ncc(N(C)Cc2ccccc2)cc1=O. The summed E-state index contributed by atoms with van der Waals surface area (Å²) in [5, 5.41) is 8.20. The van der Waals surface area contributed by atoms with Gasteiger partial charge in [0.2, 0.25) is 0 Å². The molecular formula is C18H20N4O2. The normalized spacial score (nSPS) is 10.8. The Morgan fingerprint density at radius 3 is 2.58 bits per heavy atom. The molecule has 6 nitrogen and oxygen atoms in total. The number of aromatic nitrogens is 3. The van der Waals surface area contributed by atoms with Gasteiger partial charge in [0.1, 0.15) is 5.76 Å². The molecule has 0 fully saturated rings. The van der Waals surface area contributed by atoms with Gasteiger partial charge in [-0.25, -0.2) is 4.68 Å². The maximum atomic E-state index is 12.4. The van der Waals surface area contributed by atoms with E-state index < -0.39 is 0 Å². The third-order valence-corrected chi connectivity index (χ3v) is 4.05. The molecule has 0 aliphatic rings. The van der Waals surface area contributed by atoms with E-state index in [2.05, 4.69) is 22.4 Å². The molecule has 24 heavy (non-hydrogen) atoms. The zero-order chi connectivity index (χ0) is 17.1. The fourth-order valence-electron chi connectivity index (χ4n) is 2.58. The van der Waals surface area contributed by atoms with Crippen LogP contribution < -0.4 is 10.5 Å². The van der Waals surface area contributed by atoms with Crippen LogP contribution in [0.3, 0.4) is 0 Å². The van der Waals surface area contributed by atoms with Gasteiger partial charge in [-0.05, 0) is 19.4 Å². The highest BCUT2D eigenvalue weighted by atomic mass is 16.5. The summed E-state index contributed by atoms with van der Waals surface area (Å²) in [6.07, 6.45) is 1.71. The maximum Gasteiger partial charge on any atom is 0.269 e. The summed E-state index contributed by atoms with van der Waals surface area (Å²) in [5.74, 6) is 0.714. The zero-order valence-corrected chi connectivity index (χ0v) is 14.1. The molecule has 0 saturated carbocycles. The lowest BCUT2D eigenvalue weighted by Crippen LogP contribution is -2.26. The molecule has 0 spiro atoms. The van der Waals surface area contributed by atoms with E-state index in [0.29, 0.717) is 12.3 Å². The number of hydrogen-bond acceptors (Lipinski definition) is 5. The average molecular weight is 324 g/mol. The number of nitrogens with zero attached hydrogens (tertiary/aromatic N) is 4. The Bertz CT molecular complexity index is 864. The monoisotopic (exact) mass is 324 g/mol. The predicted octanol–water partition coefficient (Wildman–Crippen LogP) is 2.53. The summed E-state index contributed by atoms with van der Waals surface area (Å²) in [7, 11) is 1.95. The Morgan fingerprint density at radius 2 is 1.96 bits per heavy atom. The second kappa shape index (κ2) is 6.70. The lowest BCUT2D eigenvalue weighted by molar-refractivity contribution is 0.391. The highest BCUT2D eigenvalue weighted by molar-refractivity contribution is 5.42. The Labute approximate surface area is 140 Å². The molecule has 1 aromatic carbocycles. The molecule has 0 unspecified atom stereocenters. The van der Waals surface area contributed by atoms with Crippen molar-refractivity contribution >= 4 is 5.69 Å². The fraction of sp³-hybridized carbons (Fsp3) is 0.278. The van der Waals surface area contributed by atoms with Crippen LogP contribution >= 0.6 is 0 Å². The highest BCUT2D eigenvalue weighted by Gasteiger charge is 2.12. The van der Waals surface area contributed by atoms with Gasteiger partial charge in [0.05, 0.1) is 24.1 Å². The van der Waals surface area contributed by atoms with E-state index in [0.717, 1.165) is 23.5 Å². The summed E-state index contributed by atoms with van der Waals surface area (Å²) in [4.78, 5) is 14.4. The summed E-state index contributed by atoms with van der Waals surface area (Å²) in [6.45, 7) is 4.78. The summed E-state index contributed by atoms with van der Waals surface area (Å²) in [6, 6.07) is 11.7. The van der Waals surface area contributed by atoms with Crippen molar-refractivity contribution in [2.24, 2.45) is 0 Å². The molecule has 0 radical (unpaired) electrons. The number of anilines is 1.